The van der Waals surface area contributed by atoms with E-state index in [0.29, 0.717) is 31.5 Å². The number of nitrogens with one attached hydrogen (secondary N) is 1. The largest absolute Gasteiger partial charge is 0.381 e. The van der Waals surface area contributed by atoms with Gasteiger partial charge in [0.1, 0.15) is 0 Å². The van der Waals surface area contributed by atoms with Crippen LogP contribution in [0.1, 0.15) is 19.3 Å². The highest BCUT2D eigenvalue weighted by Gasteiger charge is 2.26. The molecular weight excluding hydrogens is 285 g/mol. The van der Waals surface area contributed by atoms with Crippen molar-refractivity contribution in [2.45, 2.75) is 19.3 Å². The predicted octanol–water partition coefficient (Wildman–Crippen LogP) is 1.59. The molecule has 2 aliphatic rings. The first kappa shape index (κ1) is 15.2. The van der Waals surface area contributed by atoms with Crippen LogP contribution >= 0.6 is 0 Å². The van der Waals surface area contributed by atoms with Gasteiger partial charge in [-0.3, -0.25) is 4.79 Å². The number of anilines is 1. The minimum atomic E-state index is -0.268. The molecule has 0 radical (unpaired) electrons. The van der Waals surface area contributed by atoms with E-state index in [1.807, 2.05) is 4.90 Å². The smallest absolute Gasteiger partial charge is 0.225 e. The van der Waals surface area contributed by atoms with E-state index in [1.54, 1.807) is 12.3 Å². The second-order valence-corrected chi connectivity index (χ2v) is 6.04. The van der Waals surface area contributed by atoms with Crippen molar-refractivity contribution in [3.63, 3.8) is 0 Å². The molecule has 3 rings (SSSR count). The second kappa shape index (κ2) is 7.05. The molecule has 5 nitrogen and oxygen atoms in total. The standard InChI is InChI=1S/C16H22FN3O2/c17-14-2-1-6-18-15(14)20-7-3-12(4-8-20)10-19-16(21)13-5-9-22-11-13/h1-2,6,12-13H,3-5,7-11H2,(H,19,21). The number of carbonyl (C=O) groups is 1. The number of piperidine rings is 1. The monoisotopic (exact) mass is 307 g/mol. The number of halogens is 1. The third-order valence-corrected chi connectivity index (χ3v) is 4.52. The average molecular weight is 307 g/mol. The Kier molecular flexibility index (Phi) is 4.87. The zero-order valence-corrected chi connectivity index (χ0v) is 12.6. The van der Waals surface area contributed by atoms with Crippen molar-refractivity contribution in [3.05, 3.63) is 24.1 Å². The van der Waals surface area contributed by atoms with Gasteiger partial charge in [0.2, 0.25) is 5.91 Å². The highest BCUT2D eigenvalue weighted by atomic mass is 19.1. The maximum Gasteiger partial charge on any atom is 0.225 e. The lowest BCUT2D eigenvalue weighted by Crippen LogP contribution is -2.40. The van der Waals surface area contributed by atoms with E-state index in [9.17, 15) is 9.18 Å². The molecule has 22 heavy (non-hydrogen) atoms. The first-order chi connectivity index (χ1) is 10.7. The first-order valence-electron chi connectivity index (χ1n) is 7.95. The lowest BCUT2D eigenvalue weighted by molar-refractivity contribution is -0.125. The van der Waals surface area contributed by atoms with E-state index >= 15 is 0 Å². The van der Waals surface area contributed by atoms with Gasteiger partial charge in [-0.1, -0.05) is 0 Å². The number of nitrogens with zero attached hydrogens (tertiary/aromatic N) is 2. The molecule has 0 spiro atoms. The minimum Gasteiger partial charge on any atom is -0.381 e. The molecule has 6 heteroatoms. The van der Waals surface area contributed by atoms with Crippen LogP contribution in [-0.4, -0.2) is 43.7 Å². The summed E-state index contributed by atoms with van der Waals surface area (Å²) in [6.07, 6.45) is 4.33. The lowest BCUT2D eigenvalue weighted by atomic mass is 9.96. The Labute approximate surface area is 129 Å². The highest BCUT2D eigenvalue weighted by Crippen LogP contribution is 2.23. The van der Waals surface area contributed by atoms with Gasteiger partial charge in [0.05, 0.1) is 12.5 Å². The molecule has 1 aromatic heterocycles. The van der Waals surface area contributed by atoms with Gasteiger partial charge in [-0.25, -0.2) is 9.37 Å². The van der Waals surface area contributed by atoms with E-state index in [-0.39, 0.29) is 17.6 Å². The van der Waals surface area contributed by atoms with E-state index in [0.717, 1.165) is 32.4 Å². The Morgan fingerprint density at radius 3 is 2.91 bits per heavy atom. The maximum absolute atomic E-state index is 13.7. The van der Waals surface area contributed by atoms with E-state index in [2.05, 4.69) is 10.3 Å². The fourth-order valence-corrected chi connectivity index (χ4v) is 3.09. The summed E-state index contributed by atoms with van der Waals surface area (Å²) in [6.45, 7) is 3.49. The van der Waals surface area contributed by atoms with Crippen LogP contribution in [-0.2, 0) is 9.53 Å². The second-order valence-electron chi connectivity index (χ2n) is 6.04. The molecule has 1 unspecified atom stereocenters. The number of aromatic nitrogens is 1. The Hall–Kier alpha value is -1.69. The quantitative estimate of drug-likeness (QED) is 0.918. The molecule has 120 valence electrons. The average Bonchev–Trinajstić information content (AvgIpc) is 3.08. The third-order valence-electron chi connectivity index (χ3n) is 4.52. The molecule has 0 aliphatic carbocycles. The molecule has 0 saturated carbocycles. The molecule has 3 heterocycles. The van der Waals surface area contributed by atoms with Crippen molar-refractivity contribution in [3.8, 4) is 0 Å². The Balaban J connectivity index is 1.44. The van der Waals surface area contributed by atoms with Crippen molar-refractivity contribution in [1.82, 2.24) is 10.3 Å². The molecule has 2 fully saturated rings. The molecule has 1 N–H and O–H groups in total. The van der Waals surface area contributed by atoms with Crippen LogP contribution in [0.15, 0.2) is 18.3 Å². The Bertz CT molecular complexity index is 512. The van der Waals surface area contributed by atoms with Crippen molar-refractivity contribution in [2.24, 2.45) is 11.8 Å². The number of carbonyl (C=O) groups excluding carboxylic acids is 1. The summed E-state index contributed by atoms with van der Waals surface area (Å²) in [5.41, 5.74) is 0. The summed E-state index contributed by atoms with van der Waals surface area (Å²) < 4.78 is 19.0. The summed E-state index contributed by atoms with van der Waals surface area (Å²) >= 11 is 0. The first-order valence-corrected chi connectivity index (χ1v) is 7.95. The van der Waals surface area contributed by atoms with Crippen LogP contribution in [0, 0.1) is 17.7 Å². The van der Waals surface area contributed by atoms with Crippen molar-refractivity contribution < 1.29 is 13.9 Å². The normalized spacial score (nSPS) is 22.8. The number of amides is 1. The van der Waals surface area contributed by atoms with Crippen molar-refractivity contribution >= 4 is 11.7 Å². The van der Waals surface area contributed by atoms with Crippen LogP contribution in [0.2, 0.25) is 0 Å². The number of hydrogen-bond acceptors (Lipinski definition) is 4. The number of ether oxygens (including phenoxy) is 1. The lowest BCUT2D eigenvalue weighted by Gasteiger charge is -2.33. The van der Waals surface area contributed by atoms with E-state index in [4.69, 9.17) is 4.74 Å². The number of rotatable bonds is 4. The van der Waals surface area contributed by atoms with Crippen LogP contribution < -0.4 is 10.2 Å². The van der Waals surface area contributed by atoms with Crippen molar-refractivity contribution in [1.29, 1.82) is 0 Å². The molecule has 2 saturated heterocycles. The molecule has 1 aromatic rings. The molecule has 1 amide bonds. The van der Waals surface area contributed by atoms with Gasteiger partial charge in [-0.05, 0) is 37.3 Å². The molecule has 0 bridgehead atoms. The van der Waals surface area contributed by atoms with Gasteiger partial charge < -0.3 is 15.0 Å². The van der Waals surface area contributed by atoms with Gasteiger partial charge in [0.15, 0.2) is 11.6 Å². The summed E-state index contributed by atoms with van der Waals surface area (Å²) in [4.78, 5) is 18.1. The zero-order chi connectivity index (χ0) is 15.4. The van der Waals surface area contributed by atoms with Gasteiger partial charge in [0, 0.05) is 32.4 Å². The minimum absolute atomic E-state index is 0.0164. The molecule has 1 atom stereocenters. The SMILES string of the molecule is O=C(NCC1CCN(c2ncccc2F)CC1)C1CCOC1. The van der Waals surface area contributed by atoms with E-state index < -0.39 is 0 Å². The third kappa shape index (κ3) is 3.55. The fraction of sp³-hybridized carbons (Fsp3) is 0.625. The Morgan fingerprint density at radius 1 is 1.41 bits per heavy atom. The summed E-state index contributed by atoms with van der Waals surface area (Å²) in [7, 11) is 0. The molecular formula is C16H22FN3O2. The summed E-state index contributed by atoms with van der Waals surface area (Å²) in [6, 6.07) is 3.05. The van der Waals surface area contributed by atoms with Crippen LogP contribution in [0.4, 0.5) is 10.2 Å². The molecule has 2 aliphatic heterocycles. The van der Waals surface area contributed by atoms with Crippen LogP contribution in [0.25, 0.3) is 0 Å². The predicted molar refractivity (Wildman–Crippen MR) is 81.1 cm³/mol. The number of hydrogen-bond donors (Lipinski definition) is 1. The topological polar surface area (TPSA) is 54.5 Å². The summed E-state index contributed by atoms with van der Waals surface area (Å²) in [5.74, 6) is 0.747. The van der Waals surface area contributed by atoms with Gasteiger partial charge >= 0.3 is 0 Å². The maximum atomic E-state index is 13.7. The Morgan fingerprint density at radius 2 is 2.23 bits per heavy atom. The number of pyridine rings is 1. The summed E-state index contributed by atoms with van der Waals surface area (Å²) in [5, 5.41) is 3.03. The van der Waals surface area contributed by atoms with Crippen LogP contribution in [0.3, 0.4) is 0 Å². The highest BCUT2D eigenvalue weighted by molar-refractivity contribution is 5.78. The van der Waals surface area contributed by atoms with Gasteiger partial charge in [0.25, 0.3) is 0 Å². The zero-order valence-electron chi connectivity index (χ0n) is 12.6. The fourth-order valence-electron chi connectivity index (χ4n) is 3.09. The van der Waals surface area contributed by atoms with Gasteiger partial charge in [-0.2, -0.15) is 0 Å². The van der Waals surface area contributed by atoms with Crippen molar-refractivity contribution in [2.75, 3.05) is 37.7 Å². The van der Waals surface area contributed by atoms with Gasteiger partial charge in [-0.15, -0.1) is 0 Å². The van der Waals surface area contributed by atoms with Crippen LogP contribution in [0.5, 0.6) is 0 Å². The molecule has 0 aromatic carbocycles. The van der Waals surface area contributed by atoms with E-state index in [1.165, 1.54) is 6.07 Å².